The maximum Gasteiger partial charge on any atom is 0.416 e. The number of aliphatic hydroxyl groups excluding tert-OH is 1. The van der Waals surface area contributed by atoms with Crippen molar-refractivity contribution in [3.8, 4) is 5.75 Å². The second-order valence-electron chi connectivity index (χ2n) is 3.96. The summed E-state index contributed by atoms with van der Waals surface area (Å²) in [4.78, 5) is 0. The van der Waals surface area contributed by atoms with Crippen molar-refractivity contribution < 1.29 is 23.0 Å². The van der Waals surface area contributed by atoms with Gasteiger partial charge in [-0.2, -0.15) is 13.2 Å². The summed E-state index contributed by atoms with van der Waals surface area (Å²) in [6.07, 6.45) is -4.85. The SMILES string of the molecule is CC[C@H](O)[C@H](N)c1ccc(C(F)(F)F)cc1OC.Cl. The number of ether oxygens (including phenoxy) is 1. The number of halogens is 4. The highest BCUT2D eigenvalue weighted by Gasteiger charge is 2.32. The smallest absolute Gasteiger partial charge is 0.416 e. The van der Waals surface area contributed by atoms with Crippen LogP contribution in [0.4, 0.5) is 13.2 Å². The normalized spacial score (nSPS) is 14.5. The molecule has 0 aromatic heterocycles. The van der Waals surface area contributed by atoms with Gasteiger partial charge in [0.2, 0.25) is 0 Å². The fraction of sp³-hybridized carbons (Fsp3) is 0.500. The molecule has 19 heavy (non-hydrogen) atoms. The average Bonchev–Trinajstić information content (AvgIpc) is 2.35. The molecule has 0 radical (unpaired) electrons. The quantitative estimate of drug-likeness (QED) is 0.899. The standard InChI is InChI=1S/C12H16F3NO2.ClH/c1-3-9(17)11(16)8-5-4-7(12(13,14)15)6-10(8)18-2;/h4-6,9,11,17H,3,16H2,1-2H3;1H/t9-,11+;/m0./s1. The van der Waals surface area contributed by atoms with Gasteiger partial charge in [-0.25, -0.2) is 0 Å². The number of hydrogen-bond donors (Lipinski definition) is 2. The van der Waals surface area contributed by atoms with E-state index in [0.717, 1.165) is 12.1 Å². The highest BCUT2D eigenvalue weighted by atomic mass is 35.5. The largest absolute Gasteiger partial charge is 0.496 e. The van der Waals surface area contributed by atoms with Crippen LogP contribution in [0.3, 0.4) is 0 Å². The molecule has 0 fully saturated rings. The summed E-state index contributed by atoms with van der Waals surface area (Å²) in [6.45, 7) is 1.74. The highest BCUT2D eigenvalue weighted by Crippen LogP contribution is 2.35. The van der Waals surface area contributed by atoms with Crippen molar-refractivity contribution in [2.45, 2.75) is 31.7 Å². The molecule has 0 bridgehead atoms. The molecule has 0 aliphatic carbocycles. The Bertz CT molecular complexity index is 412. The Morgan fingerprint density at radius 2 is 1.95 bits per heavy atom. The zero-order valence-electron chi connectivity index (χ0n) is 10.6. The molecule has 1 rings (SSSR count). The van der Waals surface area contributed by atoms with Crippen LogP contribution in [0.15, 0.2) is 18.2 Å². The zero-order valence-corrected chi connectivity index (χ0v) is 11.4. The van der Waals surface area contributed by atoms with Gasteiger partial charge in [-0.15, -0.1) is 12.4 Å². The summed E-state index contributed by atoms with van der Waals surface area (Å²) in [5.41, 5.74) is 5.33. The molecule has 0 saturated heterocycles. The van der Waals surface area contributed by atoms with Crippen LogP contribution >= 0.6 is 12.4 Å². The van der Waals surface area contributed by atoms with Crippen molar-refractivity contribution in [1.82, 2.24) is 0 Å². The minimum atomic E-state index is -4.43. The van der Waals surface area contributed by atoms with Gasteiger partial charge in [0.25, 0.3) is 0 Å². The van der Waals surface area contributed by atoms with Gasteiger partial charge in [0.05, 0.1) is 24.8 Å². The van der Waals surface area contributed by atoms with Gasteiger partial charge >= 0.3 is 6.18 Å². The van der Waals surface area contributed by atoms with Crippen molar-refractivity contribution in [3.63, 3.8) is 0 Å². The molecule has 0 aliphatic rings. The van der Waals surface area contributed by atoms with Gasteiger partial charge in [0.15, 0.2) is 0 Å². The fourth-order valence-electron chi connectivity index (χ4n) is 1.62. The van der Waals surface area contributed by atoms with Crippen LogP contribution in [-0.2, 0) is 6.18 Å². The molecule has 110 valence electrons. The van der Waals surface area contributed by atoms with E-state index in [1.54, 1.807) is 6.92 Å². The maximum atomic E-state index is 12.5. The van der Waals surface area contributed by atoms with Gasteiger partial charge in [-0.05, 0) is 18.6 Å². The topological polar surface area (TPSA) is 55.5 Å². The maximum absolute atomic E-state index is 12.5. The molecule has 0 heterocycles. The Balaban J connectivity index is 0.00000324. The zero-order chi connectivity index (χ0) is 13.9. The molecule has 0 amide bonds. The summed E-state index contributed by atoms with van der Waals surface area (Å²) in [5, 5.41) is 9.63. The molecule has 0 spiro atoms. The molecular weight excluding hydrogens is 283 g/mol. The third kappa shape index (κ3) is 4.26. The van der Waals surface area contributed by atoms with E-state index in [1.807, 2.05) is 0 Å². The van der Waals surface area contributed by atoms with Crippen LogP contribution in [0.1, 0.15) is 30.5 Å². The molecule has 1 aromatic rings. The average molecular weight is 300 g/mol. The van der Waals surface area contributed by atoms with E-state index in [-0.39, 0.29) is 18.2 Å². The summed E-state index contributed by atoms with van der Waals surface area (Å²) in [5.74, 6) is 0.0322. The second-order valence-corrected chi connectivity index (χ2v) is 3.96. The number of rotatable bonds is 4. The number of hydrogen-bond acceptors (Lipinski definition) is 3. The van der Waals surface area contributed by atoms with Crippen LogP contribution in [0.5, 0.6) is 5.75 Å². The van der Waals surface area contributed by atoms with Crippen molar-refractivity contribution in [2.75, 3.05) is 7.11 Å². The lowest BCUT2D eigenvalue weighted by atomic mass is 9.98. The molecular formula is C12H17ClF3NO2. The third-order valence-electron chi connectivity index (χ3n) is 2.75. The van der Waals surface area contributed by atoms with Gasteiger partial charge in [0.1, 0.15) is 5.75 Å². The van der Waals surface area contributed by atoms with E-state index < -0.39 is 23.9 Å². The number of nitrogens with two attached hydrogens (primary N) is 1. The Labute approximate surface area is 116 Å². The summed E-state index contributed by atoms with van der Waals surface area (Å²) < 4.78 is 42.5. The number of methoxy groups -OCH3 is 1. The molecule has 7 heteroatoms. The van der Waals surface area contributed by atoms with Crippen LogP contribution in [-0.4, -0.2) is 18.3 Å². The van der Waals surface area contributed by atoms with Crippen LogP contribution in [0.2, 0.25) is 0 Å². The predicted molar refractivity (Wildman–Crippen MR) is 68.5 cm³/mol. The summed E-state index contributed by atoms with van der Waals surface area (Å²) in [7, 11) is 1.27. The van der Waals surface area contributed by atoms with Crippen molar-refractivity contribution in [1.29, 1.82) is 0 Å². The summed E-state index contributed by atoms with van der Waals surface area (Å²) >= 11 is 0. The molecule has 0 aliphatic heterocycles. The minimum Gasteiger partial charge on any atom is -0.496 e. The Kier molecular flexibility index (Phi) is 6.62. The lowest BCUT2D eigenvalue weighted by Crippen LogP contribution is -2.26. The Hall–Kier alpha value is -0.980. The van der Waals surface area contributed by atoms with Gasteiger partial charge < -0.3 is 15.6 Å². The first kappa shape index (κ1) is 18.0. The van der Waals surface area contributed by atoms with E-state index in [2.05, 4.69) is 0 Å². The lowest BCUT2D eigenvalue weighted by Gasteiger charge is -2.21. The first-order valence-corrected chi connectivity index (χ1v) is 5.50. The van der Waals surface area contributed by atoms with Crippen LogP contribution in [0.25, 0.3) is 0 Å². The first-order chi connectivity index (χ1) is 8.31. The van der Waals surface area contributed by atoms with Crippen molar-refractivity contribution in [2.24, 2.45) is 5.73 Å². The van der Waals surface area contributed by atoms with E-state index in [1.165, 1.54) is 13.2 Å². The molecule has 3 N–H and O–H groups in total. The highest BCUT2D eigenvalue weighted by molar-refractivity contribution is 5.85. The van der Waals surface area contributed by atoms with Crippen molar-refractivity contribution in [3.05, 3.63) is 29.3 Å². The van der Waals surface area contributed by atoms with Crippen LogP contribution in [0, 0.1) is 0 Å². The number of aliphatic hydroxyl groups is 1. The Morgan fingerprint density at radius 1 is 1.37 bits per heavy atom. The van der Waals surface area contributed by atoms with E-state index >= 15 is 0 Å². The fourth-order valence-corrected chi connectivity index (χ4v) is 1.62. The van der Waals surface area contributed by atoms with Gasteiger partial charge in [-0.3, -0.25) is 0 Å². The lowest BCUT2D eigenvalue weighted by molar-refractivity contribution is -0.137. The molecule has 0 saturated carbocycles. The predicted octanol–water partition coefficient (Wildman–Crippen LogP) is 2.91. The first-order valence-electron chi connectivity index (χ1n) is 5.50. The summed E-state index contributed by atoms with van der Waals surface area (Å²) in [6, 6.07) is 2.29. The molecule has 0 unspecified atom stereocenters. The number of benzene rings is 1. The molecule has 3 nitrogen and oxygen atoms in total. The minimum absolute atomic E-state index is 0. The molecule has 1 aromatic carbocycles. The second kappa shape index (κ2) is 6.98. The van der Waals surface area contributed by atoms with E-state index in [9.17, 15) is 18.3 Å². The van der Waals surface area contributed by atoms with Crippen LogP contribution < -0.4 is 10.5 Å². The van der Waals surface area contributed by atoms with Crippen molar-refractivity contribution >= 4 is 12.4 Å². The molecule has 2 atom stereocenters. The third-order valence-corrected chi connectivity index (χ3v) is 2.75. The van der Waals surface area contributed by atoms with E-state index in [4.69, 9.17) is 10.5 Å². The monoisotopic (exact) mass is 299 g/mol. The Morgan fingerprint density at radius 3 is 2.37 bits per heavy atom. The van der Waals surface area contributed by atoms with E-state index in [0.29, 0.717) is 12.0 Å². The number of alkyl halides is 3. The van der Waals surface area contributed by atoms with Gasteiger partial charge in [-0.1, -0.05) is 13.0 Å². The van der Waals surface area contributed by atoms with Gasteiger partial charge in [0, 0.05) is 5.56 Å².